The van der Waals surface area contributed by atoms with Crippen LogP contribution in [0.25, 0.3) is 0 Å². The number of nitrogens with one attached hydrogen (secondary N) is 2. The fourth-order valence-corrected chi connectivity index (χ4v) is 1.93. The smallest absolute Gasteiger partial charge is 0.227 e. The maximum atomic E-state index is 11.7. The van der Waals surface area contributed by atoms with Crippen LogP contribution in [0.1, 0.15) is 18.4 Å². The molecule has 17 heavy (non-hydrogen) atoms. The maximum Gasteiger partial charge on any atom is 0.227 e. The number of nitrogens with zero attached hydrogens (tertiary/aromatic N) is 1. The highest BCUT2D eigenvalue weighted by molar-refractivity contribution is 6.01. The first kappa shape index (κ1) is 10.3. The average molecular weight is 229 g/mol. The standard InChI is InChI=1S/C13H15N3O/c17-13(9-4-5-9)16-11-3-1-2-10(8-11)12-14-6-7-15-12/h1-3,8-9H,4-7H2,(H,14,15)(H,16,17). The van der Waals surface area contributed by atoms with Crippen molar-refractivity contribution < 1.29 is 4.79 Å². The number of rotatable bonds is 3. The Bertz CT molecular complexity index is 477. The first-order valence-corrected chi connectivity index (χ1v) is 6.02. The molecule has 0 unspecified atom stereocenters. The van der Waals surface area contributed by atoms with Gasteiger partial charge in [-0.05, 0) is 25.0 Å². The Kier molecular flexibility index (Phi) is 2.55. The highest BCUT2D eigenvalue weighted by Gasteiger charge is 2.29. The normalized spacial score (nSPS) is 18.5. The van der Waals surface area contributed by atoms with Crippen LogP contribution in [0.5, 0.6) is 0 Å². The molecule has 1 heterocycles. The lowest BCUT2D eigenvalue weighted by Gasteiger charge is -2.07. The van der Waals surface area contributed by atoms with Gasteiger partial charge in [0.2, 0.25) is 5.91 Å². The van der Waals surface area contributed by atoms with Crippen molar-refractivity contribution in [2.45, 2.75) is 12.8 Å². The van der Waals surface area contributed by atoms with Crippen LogP contribution in [0, 0.1) is 5.92 Å². The minimum atomic E-state index is 0.142. The number of carbonyl (C=O) groups is 1. The molecule has 0 spiro atoms. The third-order valence-electron chi connectivity index (χ3n) is 3.03. The zero-order valence-electron chi connectivity index (χ0n) is 9.57. The summed E-state index contributed by atoms with van der Waals surface area (Å²) >= 11 is 0. The Labute approximate surface area is 100 Å². The van der Waals surface area contributed by atoms with Gasteiger partial charge in [0.25, 0.3) is 0 Å². The summed E-state index contributed by atoms with van der Waals surface area (Å²) in [6, 6.07) is 7.83. The lowest BCUT2D eigenvalue weighted by Crippen LogP contribution is -2.20. The molecule has 3 rings (SSSR count). The highest BCUT2D eigenvalue weighted by atomic mass is 16.2. The topological polar surface area (TPSA) is 53.5 Å². The van der Waals surface area contributed by atoms with E-state index in [-0.39, 0.29) is 11.8 Å². The van der Waals surface area contributed by atoms with E-state index >= 15 is 0 Å². The van der Waals surface area contributed by atoms with E-state index in [1.54, 1.807) is 0 Å². The molecule has 0 bridgehead atoms. The molecule has 0 radical (unpaired) electrons. The summed E-state index contributed by atoms with van der Waals surface area (Å²) in [7, 11) is 0. The molecule has 1 aliphatic heterocycles. The molecule has 1 amide bonds. The van der Waals surface area contributed by atoms with E-state index in [4.69, 9.17) is 0 Å². The largest absolute Gasteiger partial charge is 0.368 e. The summed E-state index contributed by atoms with van der Waals surface area (Å²) in [5, 5.41) is 6.17. The molecule has 88 valence electrons. The van der Waals surface area contributed by atoms with E-state index in [0.717, 1.165) is 43.0 Å². The number of hydrogen-bond donors (Lipinski definition) is 2. The van der Waals surface area contributed by atoms with E-state index in [2.05, 4.69) is 15.6 Å². The van der Waals surface area contributed by atoms with Crippen molar-refractivity contribution in [1.29, 1.82) is 0 Å². The summed E-state index contributed by atoms with van der Waals surface area (Å²) in [5.41, 5.74) is 1.90. The molecule has 1 aliphatic carbocycles. The Morgan fingerprint density at radius 2 is 2.29 bits per heavy atom. The number of hydrogen-bond acceptors (Lipinski definition) is 3. The van der Waals surface area contributed by atoms with Crippen LogP contribution < -0.4 is 10.6 Å². The zero-order chi connectivity index (χ0) is 11.7. The fourth-order valence-electron chi connectivity index (χ4n) is 1.93. The first-order chi connectivity index (χ1) is 8.33. The minimum absolute atomic E-state index is 0.142. The van der Waals surface area contributed by atoms with E-state index in [0.29, 0.717) is 0 Å². The lowest BCUT2D eigenvalue weighted by atomic mass is 10.2. The first-order valence-electron chi connectivity index (χ1n) is 6.02. The summed E-state index contributed by atoms with van der Waals surface area (Å²) in [6.45, 7) is 1.72. The third-order valence-corrected chi connectivity index (χ3v) is 3.03. The molecule has 4 heteroatoms. The predicted molar refractivity (Wildman–Crippen MR) is 67.2 cm³/mol. The van der Waals surface area contributed by atoms with Gasteiger partial charge >= 0.3 is 0 Å². The number of amides is 1. The van der Waals surface area contributed by atoms with Crippen molar-refractivity contribution >= 4 is 17.4 Å². The van der Waals surface area contributed by atoms with Crippen molar-refractivity contribution in [3.05, 3.63) is 29.8 Å². The molecule has 2 aliphatic rings. The van der Waals surface area contributed by atoms with Crippen LogP contribution in [-0.2, 0) is 4.79 Å². The van der Waals surface area contributed by atoms with Gasteiger partial charge < -0.3 is 10.6 Å². The lowest BCUT2D eigenvalue weighted by molar-refractivity contribution is -0.117. The Morgan fingerprint density at radius 1 is 1.41 bits per heavy atom. The molecular weight excluding hydrogens is 214 g/mol. The van der Waals surface area contributed by atoms with Crippen molar-refractivity contribution in [3.8, 4) is 0 Å². The van der Waals surface area contributed by atoms with Crippen molar-refractivity contribution in [2.75, 3.05) is 18.4 Å². The molecule has 1 saturated carbocycles. The Hall–Kier alpha value is -1.84. The SMILES string of the molecule is O=C(Nc1cccc(C2=NCCN2)c1)C1CC1. The van der Waals surface area contributed by atoms with Gasteiger partial charge in [-0.25, -0.2) is 0 Å². The van der Waals surface area contributed by atoms with Crippen LogP contribution >= 0.6 is 0 Å². The zero-order valence-corrected chi connectivity index (χ0v) is 9.57. The summed E-state index contributed by atoms with van der Waals surface area (Å²) in [5.74, 6) is 1.30. The second kappa shape index (κ2) is 4.20. The summed E-state index contributed by atoms with van der Waals surface area (Å²) < 4.78 is 0. The predicted octanol–water partition coefficient (Wildman–Crippen LogP) is 1.38. The third kappa shape index (κ3) is 2.30. The van der Waals surface area contributed by atoms with E-state index in [9.17, 15) is 4.79 Å². The highest BCUT2D eigenvalue weighted by Crippen LogP contribution is 2.30. The van der Waals surface area contributed by atoms with Crippen molar-refractivity contribution in [3.63, 3.8) is 0 Å². The monoisotopic (exact) mass is 229 g/mol. The van der Waals surface area contributed by atoms with Gasteiger partial charge in [0.05, 0.1) is 6.54 Å². The second-order valence-electron chi connectivity index (χ2n) is 4.50. The van der Waals surface area contributed by atoms with Crippen LogP contribution in [0.2, 0.25) is 0 Å². The van der Waals surface area contributed by atoms with E-state index in [1.807, 2.05) is 24.3 Å². The number of anilines is 1. The molecule has 1 fully saturated rings. The maximum absolute atomic E-state index is 11.7. The summed E-state index contributed by atoms with van der Waals surface area (Å²) in [6.07, 6.45) is 2.06. The average Bonchev–Trinajstić information content (AvgIpc) is 3.05. The van der Waals surface area contributed by atoms with E-state index in [1.165, 1.54) is 0 Å². The molecule has 0 atom stereocenters. The molecule has 0 saturated heterocycles. The van der Waals surface area contributed by atoms with Crippen molar-refractivity contribution in [2.24, 2.45) is 10.9 Å². The van der Waals surface area contributed by atoms with Gasteiger partial charge in [-0.1, -0.05) is 12.1 Å². The molecule has 0 aromatic heterocycles. The molecular formula is C13H15N3O. The van der Waals surface area contributed by atoms with Gasteiger partial charge in [0, 0.05) is 23.7 Å². The number of benzene rings is 1. The number of carbonyl (C=O) groups excluding carboxylic acids is 1. The Morgan fingerprint density at radius 3 is 3.00 bits per heavy atom. The van der Waals surface area contributed by atoms with Crippen molar-refractivity contribution in [1.82, 2.24) is 5.32 Å². The van der Waals surface area contributed by atoms with Crippen LogP contribution in [0.3, 0.4) is 0 Å². The van der Waals surface area contributed by atoms with E-state index < -0.39 is 0 Å². The number of aliphatic imine (C=N–C) groups is 1. The van der Waals surface area contributed by atoms with Gasteiger partial charge in [0.1, 0.15) is 5.84 Å². The van der Waals surface area contributed by atoms with Gasteiger partial charge in [0.15, 0.2) is 0 Å². The van der Waals surface area contributed by atoms with Gasteiger partial charge in [-0.3, -0.25) is 9.79 Å². The van der Waals surface area contributed by atoms with Crippen LogP contribution in [-0.4, -0.2) is 24.8 Å². The van der Waals surface area contributed by atoms with Crippen LogP contribution in [0.4, 0.5) is 5.69 Å². The number of amidine groups is 1. The minimum Gasteiger partial charge on any atom is -0.368 e. The molecule has 4 nitrogen and oxygen atoms in total. The fraction of sp³-hybridized carbons (Fsp3) is 0.385. The second-order valence-corrected chi connectivity index (χ2v) is 4.50. The molecule has 1 aromatic rings. The quantitative estimate of drug-likeness (QED) is 0.822. The molecule has 2 N–H and O–H groups in total. The van der Waals surface area contributed by atoms with Crippen LogP contribution in [0.15, 0.2) is 29.3 Å². The van der Waals surface area contributed by atoms with Gasteiger partial charge in [-0.2, -0.15) is 0 Å². The summed E-state index contributed by atoms with van der Waals surface area (Å²) in [4.78, 5) is 16.0. The Balaban J connectivity index is 1.76. The van der Waals surface area contributed by atoms with Gasteiger partial charge in [-0.15, -0.1) is 0 Å². The molecule has 1 aromatic carbocycles.